The lowest BCUT2D eigenvalue weighted by molar-refractivity contribution is -0.118. The van der Waals surface area contributed by atoms with Crippen LogP contribution in [0, 0.1) is 0 Å². The van der Waals surface area contributed by atoms with Crippen molar-refractivity contribution in [2.45, 2.75) is 0 Å². The summed E-state index contributed by atoms with van der Waals surface area (Å²) in [5.41, 5.74) is 1.09. The molecule has 2 N–H and O–H groups in total. The second-order valence-electron chi connectivity index (χ2n) is 5.72. The number of methoxy groups -OCH3 is 2. The molecule has 0 unspecified atom stereocenters. The molecular weight excluding hydrogens is 380 g/mol. The van der Waals surface area contributed by atoms with E-state index in [-0.39, 0.29) is 29.4 Å². The van der Waals surface area contributed by atoms with Crippen molar-refractivity contribution in [3.05, 3.63) is 59.2 Å². The highest BCUT2D eigenvalue weighted by Crippen LogP contribution is 2.19. The molecule has 9 heteroatoms. The SMILES string of the molecule is CNC(=O)c1ccc(NC(=O)COc2cc(C(=O)OC)cc(C(=O)OC)c2)cc1. The molecule has 0 aliphatic rings. The molecule has 152 valence electrons. The Labute approximate surface area is 166 Å². The van der Waals surface area contributed by atoms with E-state index in [0.717, 1.165) is 0 Å². The lowest BCUT2D eigenvalue weighted by Crippen LogP contribution is -2.21. The van der Waals surface area contributed by atoms with Gasteiger partial charge in [-0.05, 0) is 42.5 Å². The van der Waals surface area contributed by atoms with Crippen LogP contribution in [0.15, 0.2) is 42.5 Å². The number of amides is 2. The van der Waals surface area contributed by atoms with Crippen LogP contribution in [0.3, 0.4) is 0 Å². The quantitative estimate of drug-likeness (QED) is 0.678. The van der Waals surface area contributed by atoms with Crippen molar-refractivity contribution in [2.75, 3.05) is 33.2 Å². The van der Waals surface area contributed by atoms with E-state index >= 15 is 0 Å². The van der Waals surface area contributed by atoms with Crippen LogP contribution in [0.4, 0.5) is 5.69 Å². The van der Waals surface area contributed by atoms with E-state index in [0.29, 0.717) is 11.3 Å². The fraction of sp³-hybridized carbons (Fsp3) is 0.200. The maximum absolute atomic E-state index is 12.1. The number of benzene rings is 2. The van der Waals surface area contributed by atoms with Crippen LogP contribution < -0.4 is 15.4 Å². The molecule has 0 fully saturated rings. The molecule has 0 aliphatic carbocycles. The van der Waals surface area contributed by atoms with E-state index in [1.165, 1.54) is 39.5 Å². The Kier molecular flexibility index (Phi) is 7.30. The third-order valence-corrected chi connectivity index (χ3v) is 3.78. The van der Waals surface area contributed by atoms with Gasteiger partial charge in [-0.25, -0.2) is 9.59 Å². The van der Waals surface area contributed by atoms with Gasteiger partial charge in [0.25, 0.3) is 11.8 Å². The molecule has 0 saturated carbocycles. The van der Waals surface area contributed by atoms with Crippen LogP contribution in [-0.2, 0) is 14.3 Å². The first-order chi connectivity index (χ1) is 13.9. The summed E-state index contributed by atoms with van der Waals surface area (Å²) in [5, 5.41) is 5.12. The first-order valence-electron chi connectivity index (χ1n) is 8.44. The molecule has 2 aromatic carbocycles. The number of hydrogen-bond donors (Lipinski definition) is 2. The molecule has 0 spiro atoms. The second kappa shape index (κ2) is 9.88. The molecular formula is C20H20N2O7. The summed E-state index contributed by atoms with van der Waals surface area (Å²) in [5.74, 6) is -1.92. The Morgan fingerprint density at radius 1 is 0.828 bits per heavy atom. The monoisotopic (exact) mass is 400 g/mol. The van der Waals surface area contributed by atoms with Crippen molar-refractivity contribution >= 4 is 29.4 Å². The minimum atomic E-state index is -0.665. The standard InChI is InChI=1S/C20H20N2O7/c1-21-18(24)12-4-6-15(7-5-12)22-17(23)11-29-16-9-13(19(25)27-2)8-14(10-16)20(26)28-3/h4-10H,11H2,1-3H3,(H,21,24)(H,22,23). The van der Waals surface area contributed by atoms with E-state index in [1.54, 1.807) is 24.3 Å². The number of nitrogens with one attached hydrogen (secondary N) is 2. The highest BCUT2D eigenvalue weighted by Gasteiger charge is 2.15. The van der Waals surface area contributed by atoms with Crippen molar-refractivity contribution in [3.63, 3.8) is 0 Å². The van der Waals surface area contributed by atoms with Gasteiger partial charge in [0.1, 0.15) is 5.75 Å². The van der Waals surface area contributed by atoms with Crippen molar-refractivity contribution in [1.82, 2.24) is 5.32 Å². The van der Waals surface area contributed by atoms with Crippen LogP contribution in [0.25, 0.3) is 0 Å². The molecule has 0 heterocycles. The lowest BCUT2D eigenvalue weighted by atomic mass is 10.1. The average molecular weight is 400 g/mol. The third-order valence-electron chi connectivity index (χ3n) is 3.78. The van der Waals surface area contributed by atoms with Gasteiger partial charge >= 0.3 is 11.9 Å². The Balaban J connectivity index is 2.06. The van der Waals surface area contributed by atoms with E-state index in [1.807, 2.05) is 0 Å². The van der Waals surface area contributed by atoms with E-state index < -0.39 is 17.8 Å². The van der Waals surface area contributed by atoms with Gasteiger partial charge in [-0.15, -0.1) is 0 Å². The molecule has 0 radical (unpaired) electrons. The van der Waals surface area contributed by atoms with Crippen molar-refractivity contribution in [2.24, 2.45) is 0 Å². The van der Waals surface area contributed by atoms with E-state index in [9.17, 15) is 19.2 Å². The van der Waals surface area contributed by atoms with Crippen LogP contribution in [0.1, 0.15) is 31.1 Å². The zero-order valence-corrected chi connectivity index (χ0v) is 16.1. The van der Waals surface area contributed by atoms with Gasteiger partial charge in [0.15, 0.2) is 6.61 Å². The molecule has 0 aromatic heterocycles. The molecule has 0 atom stereocenters. The summed E-state index contributed by atoms with van der Waals surface area (Å²) in [6.45, 7) is -0.373. The van der Waals surface area contributed by atoms with Gasteiger partial charge in [0.2, 0.25) is 0 Å². The van der Waals surface area contributed by atoms with Gasteiger partial charge < -0.3 is 24.8 Å². The number of anilines is 1. The Bertz CT molecular complexity index is 889. The molecule has 0 saturated heterocycles. The van der Waals surface area contributed by atoms with Gasteiger partial charge in [0.05, 0.1) is 25.3 Å². The minimum Gasteiger partial charge on any atom is -0.484 e. The Hall–Kier alpha value is -3.88. The van der Waals surface area contributed by atoms with E-state index in [4.69, 9.17) is 4.74 Å². The Morgan fingerprint density at radius 3 is 1.86 bits per heavy atom. The zero-order chi connectivity index (χ0) is 21.4. The number of ether oxygens (including phenoxy) is 3. The van der Waals surface area contributed by atoms with Crippen LogP contribution in [0.2, 0.25) is 0 Å². The molecule has 29 heavy (non-hydrogen) atoms. The summed E-state index contributed by atoms with van der Waals surface area (Å²) in [7, 11) is 3.93. The first-order valence-corrected chi connectivity index (χ1v) is 8.44. The van der Waals surface area contributed by atoms with Crippen LogP contribution >= 0.6 is 0 Å². The smallest absolute Gasteiger partial charge is 0.338 e. The molecule has 2 aromatic rings. The second-order valence-corrected chi connectivity index (χ2v) is 5.72. The van der Waals surface area contributed by atoms with Crippen molar-refractivity contribution < 1.29 is 33.4 Å². The highest BCUT2D eigenvalue weighted by molar-refractivity contribution is 5.97. The van der Waals surface area contributed by atoms with Gasteiger partial charge in [-0.1, -0.05) is 0 Å². The van der Waals surface area contributed by atoms with Crippen molar-refractivity contribution in [1.29, 1.82) is 0 Å². The topological polar surface area (TPSA) is 120 Å². The molecule has 9 nitrogen and oxygen atoms in total. The number of carbonyl (C=O) groups excluding carboxylic acids is 4. The maximum atomic E-state index is 12.1. The summed E-state index contributed by atoms with van der Waals surface area (Å²) in [4.78, 5) is 47.2. The number of esters is 2. The molecule has 2 amide bonds. The third kappa shape index (κ3) is 5.80. The summed E-state index contributed by atoms with van der Waals surface area (Å²) in [6.07, 6.45) is 0. The van der Waals surface area contributed by atoms with Gasteiger partial charge in [-0.3, -0.25) is 9.59 Å². The summed E-state index contributed by atoms with van der Waals surface area (Å²) >= 11 is 0. The first kappa shape index (κ1) is 21.4. The molecule has 2 rings (SSSR count). The maximum Gasteiger partial charge on any atom is 0.338 e. The lowest BCUT2D eigenvalue weighted by Gasteiger charge is -2.10. The molecule has 0 aliphatic heterocycles. The fourth-order valence-electron chi connectivity index (χ4n) is 2.35. The average Bonchev–Trinajstić information content (AvgIpc) is 2.76. The van der Waals surface area contributed by atoms with Gasteiger partial charge in [0, 0.05) is 18.3 Å². The zero-order valence-electron chi connectivity index (χ0n) is 16.1. The highest BCUT2D eigenvalue weighted by atomic mass is 16.5. The molecule has 0 bridgehead atoms. The van der Waals surface area contributed by atoms with Gasteiger partial charge in [-0.2, -0.15) is 0 Å². The Morgan fingerprint density at radius 2 is 1.38 bits per heavy atom. The normalized spacial score (nSPS) is 9.90. The van der Waals surface area contributed by atoms with E-state index in [2.05, 4.69) is 20.1 Å². The summed E-state index contributed by atoms with van der Waals surface area (Å²) < 4.78 is 14.7. The fourth-order valence-corrected chi connectivity index (χ4v) is 2.35. The predicted molar refractivity (Wildman–Crippen MR) is 103 cm³/mol. The number of rotatable bonds is 7. The van der Waals surface area contributed by atoms with Crippen molar-refractivity contribution in [3.8, 4) is 5.75 Å². The van der Waals surface area contributed by atoms with Crippen LogP contribution in [-0.4, -0.2) is 51.6 Å². The number of carbonyl (C=O) groups is 4. The number of hydrogen-bond acceptors (Lipinski definition) is 7. The summed E-state index contributed by atoms with van der Waals surface area (Å²) in [6, 6.07) is 10.3. The largest absolute Gasteiger partial charge is 0.484 e. The predicted octanol–water partition coefficient (Wildman–Crippen LogP) is 1.64. The minimum absolute atomic E-state index is 0.0793. The van der Waals surface area contributed by atoms with Crippen LogP contribution in [0.5, 0.6) is 5.75 Å².